The molecule has 0 aliphatic heterocycles. The number of aryl methyl sites for hydroxylation is 1. The second-order valence-corrected chi connectivity index (χ2v) is 4.64. The summed E-state index contributed by atoms with van der Waals surface area (Å²) in [5.41, 5.74) is 0.993. The van der Waals surface area contributed by atoms with Gasteiger partial charge in [-0.3, -0.25) is 0 Å². The number of nitriles is 1. The summed E-state index contributed by atoms with van der Waals surface area (Å²) in [6.45, 7) is 2.20. The highest BCUT2D eigenvalue weighted by Crippen LogP contribution is 2.19. The van der Waals surface area contributed by atoms with Crippen LogP contribution in [0.1, 0.15) is 19.1 Å². The Hall–Kier alpha value is -2.41. The Morgan fingerprint density at radius 3 is 3.00 bits per heavy atom. The highest BCUT2D eigenvalue weighted by Gasteiger charge is 2.05. The number of anilines is 1. The third-order valence-electron chi connectivity index (χ3n) is 2.95. The fourth-order valence-corrected chi connectivity index (χ4v) is 1.96. The third kappa shape index (κ3) is 4.36. The normalized spacial score (nSPS) is 11.6. The maximum Gasteiger partial charge on any atom is 0.174 e. The van der Waals surface area contributed by atoms with Crippen molar-refractivity contribution in [3.8, 4) is 11.8 Å². The molecule has 0 fully saturated rings. The van der Waals surface area contributed by atoms with Gasteiger partial charge in [-0.15, -0.1) is 0 Å². The van der Waals surface area contributed by atoms with Crippen LogP contribution in [0.25, 0.3) is 0 Å². The van der Waals surface area contributed by atoms with Gasteiger partial charge in [0.25, 0.3) is 0 Å². The van der Waals surface area contributed by atoms with Crippen molar-refractivity contribution < 1.29 is 9.15 Å². The lowest BCUT2D eigenvalue weighted by molar-refractivity contribution is 0.368. The molecule has 0 aliphatic rings. The zero-order chi connectivity index (χ0) is 14.2. The fourth-order valence-electron chi connectivity index (χ4n) is 1.96. The van der Waals surface area contributed by atoms with Crippen LogP contribution in [0.3, 0.4) is 0 Å². The van der Waals surface area contributed by atoms with Crippen LogP contribution in [-0.4, -0.2) is 12.6 Å². The van der Waals surface area contributed by atoms with E-state index in [2.05, 4.69) is 12.2 Å². The third-order valence-corrected chi connectivity index (χ3v) is 2.95. The number of nitrogens with one attached hydrogen (secondary N) is 1. The molecule has 1 N–H and O–H groups in total. The van der Waals surface area contributed by atoms with Crippen LogP contribution in [0.5, 0.6) is 5.75 Å². The van der Waals surface area contributed by atoms with E-state index >= 15 is 0 Å². The minimum atomic E-state index is 0.0670. The van der Waals surface area contributed by atoms with Crippen molar-refractivity contribution in [2.75, 3.05) is 11.9 Å². The van der Waals surface area contributed by atoms with Crippen molar-refractivity contribution in [1.82, 2.24) is 0 Å². The molecular weight excluding hydrogens is 252 g/mol. The summed E-state index contributed by atoms with van der Waals surface area (Å²) in [4.78, 5) is 0. The Kier molecular flexibility index (Phi) is 5.08. The van der Waals surface area contributed by atoms with Gasteiger partial charge in [-0.05, 0) is 37.6 Å². The van der Waals surface area contributed by atoms with Crippen LogP contribution in [0, 0.1) is 11.3 Å². The van der Waals surface area contributed by atoms with Gasteiger partial charge in [0.05, 0.1) is 6.26 Å². The standard InChI is InChI=1S/C16H18N2O2/c1-13(7-8-15-6-3-10-19-15)18-14-4-2-5-16(12-14)20-11-9-17/h2-6,10,12-13,18H,7-8,11H2,1H3. The first-order valence-electron chi connectivity index (χ1n) is 6.66. The van der Waals surface area contributed by atoms with Crippen molar-refractivity contribution in [3.05, 3.63) is 48.4 Å². The zero-order valence-corrected chi connectivity index (χ0v) is 11.5. The van der Waals surface area contributed by atoms with E-state index in [9.17, 15) is 0 Å². The van der Waals surface area contributed by atoms with Gasteiger partial charge in [-0.1, -0.05) is 6.07 Å². The smallest absolute Gasteiger partial charge is 0.174 e. The highest BCUT2D eigenvalue weighted by atomic mass is 16.5. The Bertz CT molecular complexity index is 558. The maximum absolute atomic E-state index is 8.50. The number of furan rings is 1. The van der Waals surface area contributed by atoms with Crippen molar-refractivity contribution >= 4 is 5.69 Å². The molecule has 1 heterocycles. The summed E-state index contributed by atoms with van der Waals surface area (Å²) in [6.07, 6.45) is 3.59. The predicted molar refractivity (Wildman–Crippen MR) is 77.7 cm³/mol. The van der Waals surface area contributed by atoms with Crippen molar-refractivity contribution in [1.29, 1.82) is 5.26 Å². The molecule has 0 saturated heterocycles. The first-order chi connectivity index (χ1) is 9.78. The molecular formula is C16H18N2O2. The molecule has 1 aromatic carbocycles. The van der Waals surface area contributed by atoms with E-state index in [1.54, 1.807) is 6.26 Å². The van der Waals surface area contributed by atoms with Crippen LogP contribution in [0.4, 0.5) is 5.69 Å². The van der Waals surface area contributed by atoms with E-state index in [1.165, 1.54) is 0 Å². The fraction of sp³-hybridized carbons (Fsp3) is 0.312. The molecule has 1 unspecified atom stereocenters. The van der Waals surface area contributed by atoms with Gasteiger partial charge in [-0.25, -0.2) is 0 Å². The number of ether oxygens (including phenoxy) is 1. The monoisotopic (exact) mass is 270 g/mol. The van der Waals surface area contributed by atoms with Crippen LogP contribution in [-0.2, 0) is 6.42 Å². The molecule has 1 aromatic heterocycles. The Morgan fingerprint density at radius 2 is 2.25 bits per heavy atom. The zero-order valence-electron chi connectivity index (χ0n) is 11.5. The maximum atomic E-state index is 8.50. The second kappa shape index (κ2) is 7.25. The van der Waals surface area contributed by atoms with Crippen molar-refractivity contribution in [3.63, 3.8) is 0 Å². The molecule has 2 aromatic rings. The number of nitrogens with zero attached hydrogens (tertiary/aromatic N) is 1. The Morgan fingerprint density at radius 1 is 1.35 bits per heavy atom. The van der Waals surface area contributed by atoms with Gasteiger partial charge in [0, 0.05) is 24.2 Å². The van der Waals surface area contributed by atoms with Crippen molar-refractivity contribution in [2.24, 2.45) is 0 Å². The lowest BCUT2D eigenvalue weighted by Crippen LogP contribution is -2.15. The van der Waals surface area contributed by atoms with Crippen LogP contribution in [0.15, 0.2) is 47.1 Å². The number of hydrogen-bond donors (Lipinski definition) is 1. The summed E-state index contributed by atoms with van der Waals surface area (Å²) in [5.74, 6) is 1.71. The molecule has 0 aliphatic carbocycles. The molecule has 104 valence electrons. The second-order valence-electron chi connectivity index (χ2n) is 4.64. The molecule has 0 saturated carbocycles. The van der Waals surface area contributed by atoms with Gasteiger partial charge >= 0.3 is 0 Å². The average Bonchev–Trinajstić information content (AvgIpc) is 2.97. The molecule has 1 atom stereocenters. The van der Waals surface area contributed by atoms with Crippen LogP contribution >= 0.6 is 0 Å². The summed E-state index contributed by atoms with van der Waals surface area (Å²) in [6, 6.07) is 13.8. The van der Waals surface area contributed by atoms with Gasteiger partial charge in [0.15, 0.2) is 6.61 Å². The van der Waals surface area contributed by atoms with E-state index in [1.807, 2.05) is 42.5 Å². The summed E-state index contributed by atoms with van der Waals surface area (Å²) in [7, 11) is 0. The van der Waals surface area contributed by atoms with E-state index in [0.29, 0.717) is 11.8 Å². The highest BCUT2D eigenvalue weighted by molar-refractivity contribution is 5.48. The van der Waals surface area contributed by atoms with Crippen LogP contribution in [0.2, 0.25) is 0 Å². The van der Waals surface area contributed by atoms with Crippen LogP contribution < -0.4 is 10.1 Å². The molecule has 0 spiro atoms. The largest absolute Gasteiger partial charge is 0.479 e. The lowest BCUT2D eigenvalue weighted by atomic mass is 10.1. The molecule has 0 amide bonds. The minimum Gasteiger partial charge on any atom is -0.479 e. The van der Waals surface area contributed by atoms with E-state index in [-0.39, 0.29) is 6.61 Å². The quantitative estimate of drug-likeness (QED) is 0.835. The minimum absolute atomic E-state index is 0.0670. The van der Waals surface area contributed by atoms with E-state index in [0.717, 1.165) is 24.3 Å². The number of hydrogen-bond acceptors (Lipinski definition) is 4. The Labute approximate surface area is 119 Å². The molecule has 20 heavy (non-hydrogen) atoms. The summed E-state index contributed by atoms with van der Waals surface area (Å²) < 4.78 is 10.6. The van der Waals surface area contributed by atoms with Gasteiger partial charge in [-0.2, -0.15) is 5.26 Å². The molecule has 4 nitrogen and oxygen atoms in total. The van der Waals surface area contributed by atoms with E-state index < -0.39 is 0 Å². The Balaban J connectivity index is 1.84. The van der Waals surface area contributed by atoms with Crippen molar-refractivity contribution in [2.45, 2.75) is 25.8 Å². The molecule has 4 heteroatoms. The summed E-state index contributed by atoms with van der Waals surface area (Å²) >= 11 is 0. The first-order valence-corrected chi connectivity index (χ1v) is 6.66. The van der Waals surface area contributed by atoms with Gasteiger partial charge < -0.3 is 14.5 Å². The van der Waals surface area contributed by atoms with Gasteiger partial charge in [0.1, 0.15) is 17.6 Å². The average molecular weight is 270 g/mol. The first kappa shape index (κ1) is 14.0. The summed E-state index contributed by atoms with van der Waals surface area (Å²) in [5, 5.41) is 11.9. The lowest BCUT2D eigenvalue weighted by Gasteiger charge is -2.15. The predicted octanol–water partition coefficient (Wildman–Crippen LogP) is 3.62. The van der Waals surface area contributed by atoms with E-state index in [4.69, 9.17) is 14.4 Å². The SMILES string of the molecule is CC(CCc1ccco1)Nc1cccc(OCC#N)c1. The molecule has 0 bridgehead atoms. The number of rotatable bonds is 7. The molecule has 0 radical (unpaired) electrons. The number of benzene rings is 1. The van der Waals surface area contributed by atoms with Gasteiger partial charge in [0.2, 0.25) is 0 Å². The molecule has 2 rings (SSSR count). The topological polar surface area (TPSA) is 58.2 Å².